The highest BCUT2D eigenvalue weighted by Crippen LogP contribution is 2.29. The quantitative estimate of drug-likeness (QED) is 0.0329. The Hall–Kier alpha value is -5.12. The first-order valence-electron chi connectivity index (χ1n) is 24.7. The highest BCUT2D eigenvalue weighted by molar-refractivity contribution is 7.89. The molecule has 0 spiro atoms. The van der Waals surface area contributed by atoms with Crippen LogP contribution < -0.4 is 19.7 Å². The lowest BCUT2D eigenvalue weighted by atomic mass is 10.1. The lowest BCUT2D eigenvalue weighted by molar-refractivity contribution is -0.140. The Labute approximate surface area is 437 Å². The van der Waals surface area contributed by atoms with Gasteiger partial charge in [0.05, 0.1) is 37.2 Å². The fourth-order valence-electron chi connectivity index (χ4n) is 7.80. The second-order valence-corrected chi connectivity index (χ2v) is 21.3. The average molecular weight is 1060 g/mol. The first-order valence-corrected chi connectivity index (χ1v) is 27.6. The van der Waals surface area contributed by atoms with Crippen molar-refractivity contribution in [1.29, 1.82) is 0 Å². The lowest BCUT2D eigenvalue weighted by Crippen LogP contribution is -2.34. The molecular weight excluding hydrogens is 973 g/mol. The van der Waals surface area contributed by atoms with Crippen LogP contribution in [0.4, 0.5) is 11.4 Å². The van der Waals surface area contributed by atoms with Gasteiger partial charge in [-0.15, -0.1) is 0 Å². The molecule has 0 unspecified atom stereocenters. The molecule has 4 aromatic rings. The van der Waals surface area contributed by atoms with Crippen LogP contribution in [0, 0.1) is 27.7 Å². The Morgan fingerprint density at radius 2 is 1.03 bits per heavy atom. The number of nitrogens with one attached hydrogen (secondary N) is 1. The fourth-order valence-corrected chi connectivity index (χ4v) is 10.9. The van der Waals surface area contributed by atoms with Gasteiger partial charge in [0, 0.05) is 65.7 Å². The summed E-state index contributed by atoms with van der Waals surface area (Å²) in [6, 6.07) is 23.4. The highest BCUT2D eigenvalue weighted by Gasteiger charge is 2.27. The molecule has 0 radical (unpaired) electrons. The third-order valence-electron chi connectivity index (χ3n) is 12.3. The Kier molecular flexibility index (Phi) is 28.9. The molecule has 0 aromatic heterocycles. The number of carbonyl (C=O) groups is 2. The van der Waals surface area contributed by atoms with Crippen LogP contribution in [-0.4, -0.2) is 169 Å². The van der Waals surface area contributed by atoms with Gasteiger partial charge in [0.25, 0.3) is 12.4 Å². The second kappa shape index (κ2) is 32.9. The molecule has 408 valence electrons. The Morgan fingerprint density at radius 1 is 0.603 bits per heavy atom. The molecule has 0 fully saturated rings. The van der Waals surface area contributed by atoms with Crippen LogP contribution >= 0.6 is 0 Å². The van der Waals surface area contributed by atoms with Gasteiger partial charge in [-0.1, -0.05) is 52.0 Å². The van der Waals surface area contributed by atoms with Crippen LogP contribution in [0.1, 0.15) is 61.1 Å². The molecule has 0 aliphatic heterocycles. The summed E-state index contributed by atoms with van der Waals surface area (Å²) in [6.07, 6.45) is 2.05. The van der Waals surface area contributed by atoms with Gasteiger partial charge in [-0.05, 0) is 149 Å². The van der Waals surface area contributed by atoms with Gasteiger partial charge in [0.15, 0.2) is 6.79 Å². The molecule has 4 aromatic carbocycles. The summed E-state index contributed by atoms with van der Waals surface area (Å²) in [4.78, 5) is 29.6. The molecule has 1 N–H and O–H groups in total. The zero-order valence-corrected chi connectivity index (χ0v) is 47.6. The maximum absolute atomic E-state index is 13.1. The number of hydrogen-bond donors (Lipinski definition) is 1. The van der Waals surface area contributed by atoms with E-state index in [1.165, 1.54) is 46.6 Å². The van der Waals surface area contributed by atoms with E-state index in [9.17, 15) is 26.4 Å². The van der Waals surface area contributed by atoms with Crippen molar-refractivity contribution in [1.82, 2.24) is 18.4 Å². The van der Waals surface area contributed by atoms with Crippen molar-refractivity contribution in [3.63, 3.8) is 0 Å². The van der Waals surface area contributed by atoms with Crippen LogP contribution in [0.25, 0.3) is 0 Å². The van der Waals surface area contributed by atoms with Gasteiger partial charge in [0.1, 0.15) is 18.1 Å². The van der Waals surface area contributed by atoms with Crippen molar-refractivity contribution in [2.45, 2.75) is 78.0 Å². The monoisotopic (exact) mass is 1060 g/mol. The van der Waals surface area contributed by atoms with E-state index in [4.69, 9.17) is 18.9 Å². The summed E-state index contributed by atoms with van der Waals surface area (Å²) in [5, 5.41) is 3.17. The molecule has 0 saturated carbocycles. The molecule has 0 heterocycles. The van der Waals surface area contributed by atoms with Crippen LogP contribution in [0.5, 0.6) is 11.5 Å². The van der Waals surface area contributed by atoms with Crippen LogP contribution in [0.2, 0.25) is 0 Å². The van der Waals surface area contributed by atoms with Crippen molar-refractivity contribution < 1.29 is 50.1 Å². The number of amides is 1. The zero-order valence-electron chi connectivity index (χ0n) is 45.9. The largest absolute Gasteiger partial charge is 0.497 e. The predicted octanol–water partition coefficient (Wildman–Crippen LogP) is 7.19. The van der Waals surface area contributed by atoms with E-state index in [2.05, 4.69) is 77.9 Å². The maximum Gasteiger partial charge on any atom is 0.295 e. The summed E-state index contributed by atoms with van der Waals surface area (Å²) in [7, 11) is 2.42. The number of likely N-dealkylation sites (N-methyl/N-ethyl adjacent to an activating group) is 5. The van der Waals surface area contributed by atoms with Crippen LogP contribution in [-0.2, 0) is 56.7 Å². The number of methoxy groups -OCH3 is 2. The van der Waals surface area contributed by atoms with Crippen molar-refractivity contribution in [2.75, 3.05) is 132 Å². The normalized spacial score (nSPS) is 11.5. The third-order valence-corrected chi connectivity index (χ3v) is 16.7. The van der Waals surface area contributed by atoms with E-state index in [1.807, 2.05) is 25.2 Å². The molecular formula is C54H84N6O11S2. The van der Waals surface area contributed by atoms with Gasteiger partial charge in [-0.25, -0.2) is 16.8 Å². The number of sulfonamides is 2. The van der Waals surface area contributed by atoms with Gasteiger partial charge >= 0.3 is 0 Å². The standard InChI is InChI=1S/C27H41N3O5S.C14H21NO6S.C13H22N2/c1-8-30(9-2)14-13-23-11-10-12-24(19-23)29(6)26(31)20-35-16-15-28(5)36(32,33)27-21(3)17-25(34-7)18-22(27)4;1-11-7-13(19-4)8-12(2)14(11)22(17,18)15(3)5-6-20-10-21-9-16;1-4-15(5-2)10-9-12-7-6-8-13(11-12)14-3/h10-12,17-19H,8-9,13-16,20H2,1-7H3;7-9H,5-6,10H2,1-4H3;6-8,11,14H,4-5,9-10H2,1-3H3. The molecule has 0 aliphatic carbocycles. The zero-order chi connectivity index (χ0) is 54.7. The summed E-state index contributed by atoms with van der Waals surface area (Å²) >= 11 is 0. The van der Waals surface area contributed by atoms with Crippen LogP contribution in [0.15, 0.2) is 82.6 Å². The molecule has 0 bridgehead atoms. The first-order chi connectivity index (χ1) is 34.7. The van der Waals surface area contributed by atoms with Gasteiger partial charge in [-0.2, -0.15) is 8.61 Å². The average Bonchev–Trinajstić information content (AvgIpc) is 3.37. The van der Waals surface area contributed by atoms with E-state index >= 15 is 0 Å². The molecule has 0 atom stereocenters. The molecule has 0 aliphatic rings. The number of aryl methyl sites for hydroxylation is 4. The molecule has 1 amide bonds. The molecule has 19 heteroatoms. The van der Waals surface area contributed by atoms with E-state index in [0.717, 1.165) is 57.8 Å². The van der Waals surface area contributed by atoms with Crippen molar-refractivity contribution in [3.05, 3.63) is 106 Å². The Morgan fingerprint density at radius 3 is 1.44 bits per heavy atom. The number of rotatable bonds is 29. The van der Waals surface area contributed by atoms with Crippen molar-refractivity contribution >= 4 is 43.8 Å². The van der Waals surface area contributed by atoms with E-state index in [-0.39, 0.29) is 61.9 Å². The highest BCUT2D eigenvalue weighted by atomic mass is 32.2. The molecule has 4 rings (SSSR count). The maximum atomic E-state index is 13.1. The summed E-state index contributed by atoms with van der Waals surface area (Å²) < 4.78 is 79.2. The summed E-state index contributed by atoms with van der Waals surface area (Å²) in [6.45, 7) is 22.6. The number of anilines is 2. The first kappa shape index (κ1) is 64.0. The van der Waals surface area contributed by atoms with Gasteiger partial charge < -0.3 is 43.7 Å². The van der Waals surface area contributed by atoms with E-state index in [1.54, 1.807) is 71.0 Å². The van der Waals surface area contributed by atoms with Crippen LogP contribution in [0.3, 0.4) is 0 Å². The number of carbonyl (C=O) groups excluding carboxylic acids is 2. The molecule has 73 heavy (non-hydrogen) atoms. The Bertz CT molecular complexity index is 2470. The van der Waals surface area contributed by atoms with Crippen molar-refractivity contribution in [3.8, 4) is 11.5 Å². The van der Waals surface area contributed by atoms with Gasteiger partial charge in [0.2, 0.25) is 20.0 Å². The third kappa shape index (κ3) is 20.6. The van der Waals surface area contributed by atoms with Crippen molar-refractivity contribution in [2.24, 2.45) is 0 Å². The minimum atomic E-state index is -3.71. The number of nitrogens with zero attached hydrogens (tertiary/aromatic N) is 5. The smallest absolute Gasteiger partial charge is 0.295 e. The Balaban J connectivity index is 0.000000417. The predicted molar refractivity (Wildman–Crippen MR) is 292 cm³/mol. The minimum Gasteiger partial charge on any atom is -0.497 e. The SMILES string of the molecule is CCN(CC)CCc1cccc(N(C)C(=O)COCCN(C)S(=O)(=O)c2c(C)cc(OC)cc2C)c1.CCN(CC)CCc1cccc(NC)c1.COc1cc(C)c(S(=O)(=O)N(C)CCOCOC=O)c(C)c1. The number of benzene rings is 4. The number of ether oxygens (including phenoxy) is 5. The summed E-state index contributed by atoms with van der Waals surface area (Å²) in [5.74, 6) is 1.04. The number of hydrogen-bond acceptors (Lipinski definition) is 14. The van der Waals surface area contributed by atoms with Gasteiger partial charge in [-0.3, -0.25) is 9.59 Å². The lowest BCUT2D eigenvalue weighted by Gasteiger charge is -2.21. The molecule has 0 saturated heterocycles. The fraction of sp³-hybridized carbons (Fsp3) is 0.519. The minimum absolute atomic E-state index is 0.105. The van der Waals surface area contributed by atoms with E-state index in [0.29, 0.717) is 33.8 Å². The molecule has 17 nitrogen and oxygen atoms in total. The summed E-state index contributed by atoms with van der Waals surface area (Å²) in [5.41, 5.74) is 7.08. The second-order valence-electron chi connectivity index (χ2n) is 17.3. The topological polar surface area (TPSA) is 177 Å². The van der Waals surface area contributed by atoms with E-state index < -0.39 is 20.0 Å².